The number of halogens is 1. The number of pyridine rings is 2. The van der Waals surface area contributed by atoms with E-state index in [-0.39, 0.29) is 0 Å². The molecule has 4 aromatic heterocycles. The van der Waals surface area contributed by atoms with Crippen LogP contribution >= 0.6 is 11.6 Å². The largest absolute Gasteiger partial charge is 0.382 e. The summed E-state index contributed by atoms with van der Waals surface area (Å²) in [5, 5.41) is 10.00. The number of hydrogen-bond acceptors (Lipinski definition) is 5. The highest BCUT2D eigenvalue weighted by atomic mass is 35.5. The summed E-state index contributed by atoms with van der Waals surface area (Å²) in [6.45, 7) is 0.753. The smallest absolute Gasteiger partial charge is 0.136 e. The number of anilines is 1. The van der Waals surface area contributed by atoms with Crippen molar-refractivity contribution in [1.29, 1.82) is 0 Å². The highest BCUT2D eigenvalue weighted by Crippen LogP contribution is 2.31. The predicted molar refractivity (Wildman–Crippen MR) is 107 cm³/mol. The molecule has 0 radical (unpaired) electrons. The van der Waals surface area contributed by atoms with Gasteiger partial charge in [-0.15, -0.1) is 0 Å². The summed E-state index contributed by atoms with van der Waals surface area (Å²) < 4.78 is 1.76. The molecule has 5 rings (SSSR count). The third-order valence-corrected chi connectivity index (χ3v) is 4.79. The first-order valence-corrected chi connectivity index (χ1v) is 9.01. The molecule has 6 nitrogen and oxygen atoms in total. The van der Waals surface area contributed by atoms with Crippen molar-refractivity contribution in [3.05, 3.63) is 71.9 Å². The number of hydrogen-bond donors (Lipinski definition) is 1. The van der Waals surface area contributed by atoms with E-state index in [0.29, 0.717) is 0 Å². The minimum Gasteiger partial charge on any atom is -0.382 e. The topological polar surface area (TPSA) is 68.0 Å². The molecule has 0 aliphatic carbocycles. The van der Waals surface area contributed by atoms with Crippen LogP contribution in [0.1, 0.15) is 5.56 Å². The van der Waals surface area contributed by atoms with Crippen molar-refractivity contribution in [2.24, 2.45) is 0 Å². The quantitative estimate of drug-likeness (QED) is 0.512. The van der Waals surface area contributed by atoms with Crippen molar-refractivity contribution in [2.75, 3.05) is 11.9 Å². The van der Waals surface area contributed by atoms with Crippen molar-refractivity contribution in [3.8, 4) is 0 Å². The number of nitrogens with one attached hydrogen (secondary N) is 1. The van der Waals surface area contributed by atoms with Crippen LogP contribution in [0.5, 0.6) is 0 Å². The van der Waals surface area contributed by atoms with Crippen LogP contribution < -0.4 is 5.32 Å². The zero-order valence-electron chi connectivity index (χ0n) is 14.3. The molecule has 0 atom stereocenters. The van der Waals surface area contributed by atoms with Crippen LogP contribution in [0.2, 0.25) is 5.02 Å². The highest BCUT2D eigenvalue weighted by Gasteiger charge is 2.15. The van der Waals surface area contributed by atoms with Crippen LogP contribution in [-0.2, 0) is 6.42 Å². The van der Waals surface area contributed by atoms with E-state index in [2.05, 4.69) is 21.4 Å². The SMILES string of the molecule is Clc1cccc(CCNc2c3ccncc3nc3c2nn2cnccc32)c1. The summed E-state index contributed by atoms with van der Waals surface area (Å²) in [4.78, 5) is 13.1. The molecule has 0 aliphatic rings. The molecule has 0 saturated heterocycles. The van der Waals surface area contributed by atoms with Crippen LogP contribution in [0.3, 0.4) is 0 Å². The van der Waals surface area contributed by atoms with Gasteiger partial charge in [-0.05, 0) is 36.2 Å². The molecule has 1 aromatic carbocycles. The molecule has 1 N–H and O–H groups in total. The van der Waals surface area contributed by atoms with Gasteiger partial charge in [0, 0.05) is 29.3 Å². The van der Waals surface area contributed by atoms with Gasteiger partial charge < -0.3 is 5.32 Å². The van der Waals surface area contributed by atoms with Gasteiger partial charge in [-0.1, -0.05) is 23.7 Å². The average molecular weight is 375 g/mol. The van der Waals surface area contributed by atoms with E-state index in [4.69, 9.17) is 21.7 Å². The number of fused-ring (bicyclic) bond motifs is 4. The van der Waals surface area contributed by atoms with Crippen LogP contribution in [0, 0.1) is 0 Å². The molecule has 0 bridgehead atoms. The second kappa shape index (κ2) is 6.48. The van der Waals surface area contributed by atoms with E-state index in [0.717, 1.165) is 51.1 Å². The van der Waals surface area contributed by atoms with E-state index in [1.165, 1.54) is 5.56 Å². The summed E-state index contributed by atoms with van der Waals surface area (Å²) in [6, 6.07) is 11.8. The van der Waals surface area contributed by atoms with Crippen LogP contribution in [0.25, 0.3) is 27.5 Å². The first-order chi connectivity index (χ1) is 13.3. The van der Waals surface area contributed by atoms with Gasteiger partial charge in [-0.25, -0.2) is 14.5 Å². The Morgan fingerprint density at radius 3 is 2.89 bits per heavy atom. The Kier molecular flexibility index (Phi) is 3.83. The molecule has 0 fully saturated rings. The fraction of sp³-hybridized carbons (Fsp3) is 0.100. The number of aromatic nitrogens is 5. The predicted octanol–water partition coefficient (Wildman–Crippen LogP) is 4.13. The Labute approximate surface area is 159 Å². The molecular formula is C20H15ClN6. The van der Waals surface area contributed by atoms with Gasteiger partial charge in [0.05, 0.1) is 22.9 Å². The van der Waals surface area contributed by atoms with Gasteiger partial charge in [0.25, 0.3) is 0 Å². The summed E-state index contributed by atoms with van der Waals surface area (Å²) in [5.74, 6) is 0. The third-order valence-electron chi connectivity index (χ3n) is 4.56. The first-order valence-electron chi connectivity index (χ1n) is 8.64. The maximum Gasteiger partial charge on any atom is 0.136 e. The zero-order chi connectivity index (χ0) is 18.2. The lowest BCUT2D eigenvalue weighted by Gasteiger charge is -2.10. The number of benzene rings is 1. The number of rotatable bonds is 4. The normalized spacial score (nSPS) is 11.4. The molecule has 4 heterocycles. The Bertz CT molecular complexity index is 1280. The highest BCUT2D eigenvalue weighted by molar-refractivity contribution is 6.30. The van der Waals surface area contributed by atoms with Crippen LogP contribution in [0.4, 0.5) is 5.69 Å². The molecular weight excluding hydrogens is 360 g/mol. The molecule has 132 valence electrons. The fourth-order valence-electron chi connectivity index (χ4n) is 3.31. The van der Waals surface area contributed by atoms with E-state index in [9.17, 15) is 0 Å². The second-order valence-electron chi connectivity index (χ2n) is 6.29. The lowest BCUT2D eigenvalue weighted by molar-refractivity contribution is 0.937. The van der Waals surface area contributed by atoms with Crippen molar-refractivity contribution in [3.63, 3.8) is 0 Å². The van der Waals surface area contributed by atoms with Crippen LogP contribution in [0.15, 0.2) is 61.3 Å². The minimum atomic E-state index is 0.753. The van der Waals surface area contributed by atoms with Gasteiger partial charge in [-0.3, -0.25) is 4.98 Å². The Hall–Kier alpha value is -3.25. The fourth-order valence-corrected chi connectivity index (χ4v) is 3.53. The van der Waals surface area contributed by atoms with Gasteiger partial charge in [0.15, 0.2) is 0 Å². The van der Waals surface area contributed by atoms with E-state index in [1.807, 2.05) is 30.3 Å². The van der Waals surface area contributed by atoms with Crippen molar-refractivity contribution in [1.82, 2.24) is 24.6 Å². The molecule has 0 saturated carbocycles. The van der Waals surface area contributed by atoms with E-state index >= 15 is 0 Å². The number of nitrogens with zero attached hydrogens (tertiary/aromatic N) is 5. The standard InChI is InChI=1S/C20H15ClN6/c21-14-3-1-2-13(10-14)4-9-24-18-15-5-7-22-11-16(15)25-19-17-6-8-23-12-27(17)26-20(18)19/h1-3,5-8,10-12,24H,4,9H2. The molecule has 5 aromatic rings. The second-order valence-corrected chi connectivity index (χ2v) is 6.73. The van der Waals surface area contributed by atoms with Crippen molar-refractivity contribution >= 4 is 44.7 Å². The van der Waals surface area contributed by atoms with Gasteiger partial charge in [-0.2, -0.15) is 5.10 Å². The minimum absolute atomic E-state index is 0.753. The van der Waals surface area contributed by atoms with Crippen LogP contribution in [-0.4, -0.2) is 31.1 Å². The van der Waals surface area contributed by atoms with Gasteiger partial charge in [0.2, 0.25) is 0 Å². The summed E-state index contributed by atoms with van der Waals surface area (Å²) in [5.41, 5.74) is 5.56. The molecule has 0 amide bonds. The molecule has 0 spiro atoms. The third kappa shape index (κ3) is 2.84. The Morgan fingerprint density at radius 2 is 1.96 bits per heavy atom. The maximum absolute atomic E-state index is 6.09. The van der Waals surface area contributed by atoms with Gasteiger partial charge in [0.1, 0.15) is 17.4 Å². The lowest BCUT2D eigenvalue weighted by atomic mass is 10.1. The monoisotopic (exact) mass is 374 g/mol. The Balaban J connectivity index is 1.60. The maximum atomic E-state index is 6.09. The summed E-state index contributed by atoms with van der Waals surface area (Å²) >= 11 is 6.09. The zero-order valence-corrected chi connectivity index (χ0v) is 15.1. The molecule has 27 heavy (non-hydrogen) atoms. The molecule has 7 heteroatoms. The average Bonchev–Trinajstić information content (AvgIpc) is 3.06. The summed E-state index contributed by atoms with van der Waals surface area (Å²) in [6.07, 6.45) is 7.84. The Morgan fingerprint density at radius 1 is 1.04 bits per heavy atom. The lowest BCUT2D eigenvalue weighted by Crippen LogP contribution is -2.06. The first kappa shape index (κ1) is 16.0. The van der Waals surface area contributed by atoms with Crippen molar-refractivity contribution < 1.29 is 0 Å². The van der Waals surface area contributed by atoms with Crippen molar-refractivity contribution in [2.45, 2.75) is 6.42 Å². The van der Waals surface area contributed by atoms with E-state index < -0.39 is 0 Å². The van der Waals surface area contributed by atoms with E-state index in [1.54, 1.807) is 29.4 Å². The molecule has 0 aliphatic heterocycles. The van der Waals surface area contributed by atoms with Gasteiger partial charge >= 0.3 is 0 Å². The molecule has 0 unspecified atom stereocenters. The summed E-state index contributed by atoms with van der Waals surface area (Å²) in [7, 11) is 0.